The molecule has 6 heteroatoms. The van der Waals surface area contributed by atoms with Crippen LogP contribution in [0.15, 0.2) is 24.3 Å². The fraction of sp³-hybridized carbons (Fsp3) is 0.533. The van der Waals surface area contributed by atoms with E-state index in [1.54, 1.807) is 0 Å². The van der Waals surface area contributed by atoms with Crippen LogP contribution in [0.3, 0.4) is 0 Å². The molecule has 0 aromatic heterocycles. The molecule has 1 amide bonds. The van der Waals surface area contributed by atoms with Gasteiger partial charge in [-0.25, -0.2) is 0 Å². The lowest BCUT2D eigenvalue weighted by Gasteiger charge is -2.15. The van der Waals surface area contributed by atoms with Gasteiger partial charge in [0.2, 0.25) is 0 Å². The van der Waals surface area contributed by atoms with E-state index < -0.39 is 18.7 Å². The van der Waals surface area contributed by atoms with Crippen molar-refractivity contribution in [2.24, 2.45) is 5.92 Å². The van der Waals surface area contributed by atoms with Crippen molar-refractivity contribution >= 4 is 5.91 Å². The summed E-state index contributed by atoms with van der Waals surface area (Å²) in [5, 5.41) is 12.2. The lowest BCUT2D eigenvalue weighted by molar-refractivity contribution is -0.134. The Hall–Kier alpha value is -1.56. The highest BCUT2D eigenvalue weighted by Gasteiger charge is 2.26. The number of carbonyl (C=O) groups is 1. The molecule has 1 atom stereocenters. The molecule has 2 N–H and O–H groups in total. The number of hydrogen-bond donors (Lipinski definition) is 2. The molecule has 0 spiro atoms. The molecule has 0 heterocycles. The average Bonchev–Trinajstić information content (AvgIpc) is 2.41. The fourth-order valence-corrected chi connectivity index (χ4v) is 1.64. The quantitative estimate of drug-likeness (QED) is 0.849. The van der Waals surface area contributed by atoms with E-state index in [0.717, 1.165) is 0 Å². The number of aryl methyl sites for hydroxylation is 1. The lowest BCUT2D eigenvalue weighted by atomic mass is 10.1. The number of rotatable bonds is 6. The van der Waals surface area contributed by atoms with Crippen LogP contribution in [-0.2, 0) is 6.42 Å². The summed E-state index contributed by atoms with van der Waals surface area (Å²) in [6.07, 6.45) is -5.78. The number of carbonyl (C=O) groups excluding carboxylic acids is 1. The number of alkyl halides is 3. The van der Waals surface area contributed by atoms with E-state index in [2.05, 4.69) is 5.32 Å². The maximum atomic E-state index is 12.1. The van der Waals surface area contributed by atoms with Crippen LogP contribution in [0.1, 0.15) is 36.2 Å². The summed E-state index contributed by atoms with van der Waals surface area (Å²) in [4.78, 5) is 11.8. The van der Waals surface area contributed by atoms with Gasteiger partial charge < -0.3 is 10.4 Å². The van der Waals surface area contributed by atoms with Crippen LogP contribution in [0.4, 0.5) is 13.2 Å². The summed E-state index contributed by atoms with van der Waals surface area (Å²) < 4.78 is 36.3. The Kier molecular flexibility index (Phi) is 6.20. The molecular formula is C15H20F3NO2. The molecule has 0 saturated carbocycles. The lowest BCUT2D eigenvalue weighted by Crippen LogP contribution is -2.34. The van der Waals surface area contributed by atoms with Gasteiger partial charge in [-0.05, 0) is 30.0 Å². The molecule has 118 valence electrons. The summed E-state index contributed by atoms with van der Waals surface area (Å²) in [5.41, 5.74) is 0.896. The molecule has 0 aliphatic rings. The van der Waals surface area contributed by atoms with E-state index >= 15 is 0 Å². The maximum Gasteiger partial charge on any atom is 0.389 e. The van der Waals surface area contributed by atoms with Gasteiger partial charge in [0.15, 0.2) is 0 Å². The van der Waals surface area contributed by atoms with Crippen LogP contribution >= 0.6 is 0 Å². The third-order valence-electron chi connectivity index (χ3n) is 3.15. The van der Waals surface area contributed by atoms with E-state index in [9.17, 15) is 23.1 Å². The largest absolute Gasteiger partial charge is 0.391 e. The van der Waals surface area contributed by atoms with Crippen molar-refractivity contribution in [1.29, 1.82) is 0 Å². The number of amides is 1. The number of aliphatic hydroxyl groups is 1. The van der Waals surface area contributed by atoms with Crippen LogP contribution in [0.5, 0.6) is 0 Å². The van der Waals surface area contributed by atoms with Crippen LogP contribution < -0.4 is 5.32 Å². The summed E-state index contributed by atoms with van der Waals surface area (Å²) in [6, 6.07) is 6.00. The second-order valence-electron chi connectivity index (χ2n) is 5.33. The number of halogens is 3. The van der Waals surface area contributed by atoms with Gasteiger partial charge in [-0.3, -0.25) is 4.79 Å². The molecule has 0 aliphatic carbocycles. The van der Waals surface area contributed by atoms with Crippen molar-refractivity contribution in [3.05, 3.63) is 35.4 Å². The van der Waals surface area contributed by atoms with Crippen molar-refractivity contribution in [2.45, 2.75) is 39.0 Å². The predicted octanol–water partition coefficient (Wildman–Crippen LogP) is 2.93. The Morgan fingerprint density at radius 1 is 1.24 bits per heavy atom. The van der Waals surface area contributed by atoms with Gasteiger partial charge in [-0.15, -0.1) is 0 Å². The molecular weight excluding hydrogens is 283 g/mol. The van der Waals surface area contributed by atoms with E-state index in [1.165, 1.54) is 24.3 Å². The second kappa shape index (κ2) is 7.45. The Morgan fingerprint density at radius 3 is 2.29 bits per heavy atom. The van der Waals surface area contributed by atoms with Crippen molar-refractivity contribution < 1.29 is 23.1 Å². The molecule has 0 bridgehead atoms. The van der Waals surface area contributed by atoms with Gasteiger partial charge in [0, 0.05) is 18.5 Å². The van der Waals surface area contributed by atoms with Gasteiger partial charge >= 0.3 is 6.18 Å². The SMILES string of the molecule is CC(C)C(O)CNC(=O)c1ccc(CCC(F)(F)F)cc1. The molecule has 0 fully saturated rings. The topological polar surface area (TPSA) is 49.3 Å². The zero-order valence-corrected chi connectivity index (χ0v) is 12.1. The molecule has 3 nitrogen and oxygen atoms in total. The van der Waals surface area contributed by atoms with E-state index in [-0.39, 0.29) is 24.8 Å². The summed E-state index contributed by atoms with van der Waals surface area (Å²) in [6.45, 7) is 3.82. The van der Waals surface area contributed by atoms with Gasteiger partial charge in [0.05, 0.1) is 6.10 Å². The highest BCUT2D eigenvalue weighted by Crippen LogP contribution is 2.22. The zero-order chi connectivity index (χ0) is 16.0. The molecule has 1 aromatic carbocycles. The Balaban J connectivity index is 2.51. The Labute approximate surface area is 122 Å². The number of nitrogens with one attached hydrogen (secondary N) is 1. The molecule has 1 unspecified atom stereocenters. The van der Waals surface area contributed by atoms with Crippen LogP contribution in [0.2, 0.25) is 0 Å². The van der Waals surface area contributed by atoms with Crippen molar-refractivity contribution in [3.63, 3.8) is 0 Å². The van der Waals surface area contributed by atoms with Gasteiger partial charge in [0.1, 0.15) is 0 Å². The number of benzene rings is 1. The summed E-state index contributed by atoms with van der Waals surface area (Å²) in [5.74, 6) is -0.313. The smallest absolute Gasteiger partial charge is 0.389 e. The normalized spacial score (nSPS) is 13.3. The molecule has 1 rings (SSSR count). The Morgan fingerprint density at radius 2 is 1.81 bits per heavy atom. The first-order chi connectivity index (χ1) is 9.69. The minimum Gasteiger partial charge on any atom is -0.391 e. The fourth-order valence-electron chi connectivity index (χ4n) is 1.64. The van der Waals surface area contributed by atoms with Crippen molar-refractivity contribution in [3.8, 4) is 0 Å². The third kappa shape index (κ3) is 6.62. The highest BCUT2D eigenvalue weighted by molar-refractivity contribution is 5.94. The van der Waals surface area contributed by atoms with E-state index in [4.69, 9.17) is 0 Å². The van der Waals surface area contributed by atoms with Crippen LogP contribution in [0.25, 0.3) is 0 Å². The van der Waals surface area contributed by atoms with Crippen molar-refractivity contribution in [2.75, 3.05) is 6.54 Å². The minimum absolute atomic E-state index is 0.0371. The third-order valence-corrected chi connectivity index (χ3v) is 3.15. The number of hydrogen-bond acceptors (Lipinski definition) is 2. The minimum atomic E-state index is -4.18. The molecule has 1 aromatic rings. The van der Waals surface area contributed by atoms with Gasteiger partial charge in [0.25, 0.3) is 5.91 Å². The molecule has 0 radical (unpaired) electrons. The van der Waals surface area contributed by atoms with Crippen molar-refractivity contribution in [1.82, 2.24) is 5.32 Å². The Bertz CT molecular complexity index is 455. The van der Waals surface area contributed by atoms with Gasteiger partial charge in [-0.2, -0.15) is 13.2 Å². The summed E-state index contributed by atoms with van der Waals surface area (Å²) in [7, 11) is 0. The van der Waals surface area contributed by atoms with E-state index in [0.29, 0.717) is 11.1 Å². The maximum absolute atomic E-state index is 12.1. The monoisotopic (exact) mass is 303 g/mol. The molecule has 0 saturated heterocycles. The first kappa shape index (κ1) is 17.5. The number of aliphatic hydroxyl groups excluding tert-OH is 1. The predicted molar refractivity (Wildman–Crippen MR) is 74.0 cm³/mol. The standard InChI is InChI=1S/C15H20F3NO2/c1-10(2)13(20)9-19-14(21)12-5-3-11(4-6-12)7-8-15(16,17)18/h3-6,10,13,20H,7-9H2,1-2H3,(H,19,21). The van der Waals surface area contributed by atoms with Gasteiger partial charge in [-0.1, -0.05) is 26.0 Å². The zero-order valence-electron chi connectivity index (χ0n) is 12.1. The van der Waals surface area contributed by atoms with Crippen LogP contribution in [-0.4, -0.2) is 29.8 Å². The average molecular weight is 303 g/mol. The molecule has 21 heavy (non-hydrogen) atoms. The summed E-state index contributed by atoms with van der Waals surface area (Å²) >= 11 is 0. The highest BCUT2D eigenvalue weighted by atomic mass is 19.4. The van der Waals surface area contributed by atoms with E-state index in [1.807, 2.05) is 13.8 Å². The first-order valence-electron chi connectivity index (χ1n) is 6.81. The van der Waals surface area contributed by atoms with Crippen LogP contribution in [0, 0.1) is 5.92 Å². The first-order valence-corrected chi connectivity index (χ1v) is 6.81. The second-order valence-corrected chi connectivity index (χ2v) is 5.33. The molecule has 0 aliphatic heterocycles.